The Morgan fingerprint density at radius 1 is 1.35 bits per heavy atom. The van der Waals surface area contributed by atoms with Crippen molar-refractivity contribution in [3.05, 3.63) is 63.5 Å². The first-order chi connectivity index (χ1) is 9.58. The van der Waals surface area contributed by atoms with Crippen molar-refractivity contribution >= 4 is 11.6 Å². The van der Waals surface area contributed by atoms with E-state index in [9.17, 15) is 9.90 Å². The number of aromatic nitrogens is 1. The van der Waals surface area contributed by atoms with Gasteiger partial charge in [-0.3, -0.25) is 4.79 Å². The monoisotopic (exact) mass is 293 g/mol. The number of hydrogen-bond acceptors (Lipinski definition) is 3. The molecular formula is C15H16ClNO3. The zero-order chi connectivity index (χ0) is 14.5. The van der Waals surface area contributed by atoms with E-state index in [1.54, 1.807) is 48.0 Å². The van der Waals surface area contributed by atoms with E-state index in [1.165, 1.54) is 6.07 Å². The Labute approximate surface area is 122 Å². The molecule has 0 aliphatic heterocycles. The van der Waals surface area contributed by atoms with Gasteiger partial charge in [0.05, 0.1) is 17.7 Å². The quantitative estimate of drug-likeness (QED) is 0.922. The fraction of sp³-hybridized carbons (Fsp3) is 0.267. The van der Waals surface area contributed by atoms with Crippen molar-refractivity contribution < 1.29 is 9.84 Å². The summed E-state index contributed by atoms with van der Waals surface area (Å²) in [7, 11) is 0. The van der Waals surface area contributed by atoms with Gasteiger partial charge in [-0.1, -0.05) is 23.7 Å². The summed E-state index contributed by atoms with van der Waals surface area (Å²) in [5.41, 5.74) is 0.674. The van der Waals surface area contributed by atoms with E-state index >= 15 is 0 Å². The van der Waals surface area contributed by atoms with Crippen LogP contribution in [0.2, 0.25) is 5.02 Å². The average molecular weight is 294 g/mol. The van der Waals surface area contributed by atoms with E-state index < -0.39 is 6.10 Å². The Balaban J connectivity index is 1.98. The number of pyridine rings is 1. The van der Waals surface area contributed by atoms with Crippen LogP contribution in [0, 0.1) is 0 Å². The fourth-order valence-corrected chi connectivity index (χ4v) is 2.04. The van der Waals surface area contributed by atoms with Crippen molar-refractivity contribution in [2.24, 2.45) is 0 Å². The van der Waals surface area contributed by atoms with Crippen LogP contribution in [-0.2, 0) is 6.54 Å². The Kier molecular flexibility index (Phi) is 4.82. The average Bonchev–Trinajstić information content (AvgIpc) is 2.42. The molecule has 0 bridgehead atoms. The Morgan fingerprint density at radius 2 is 2.15 bits per heavy atom. The second-order valence-electron chi connectivity index (χ2n) is 4.45. The highest BCUT2D eigenvalue weighted by Crippen LogP contribution is 2.27. The molecule has 0 spiro atoms. The first kappa shape index (κ1) is 14.6. The number of nitrogens with zero attached hydrogens (tertiary/aromatic N) is 1. The molecule has 0 saturated carbocycles. The van der Waals surface area contributed by atoms with Gasteiger partial charge in [0.1, 0.15) is 12.4 Å². The Morgan fingerprint density at radius 3 is 2.80 bits per heavy atom. The van der Waals surface area contributed by atoms with Gasteiger partial charge in [-0.15, -0.1) is 0 Å². The topological polar surface area (TPSA) is 51.5 Å². The first-order valence-electron chi connectivity index (χ1n) is 6.33. The van der Waals surface area contributed by atoms with Crippen LogP contribution in [0.15, 0.2) is 47.4 Å². The van der Waals surface area contributed by atoms with Crippen molar-refractivity contribution in [2.45, 2.75) is 19.6 Å². The third-order valence-corrected chi connectivity index (χ3v) is 3.22. The standard InChI is InChI=1S/C15H16ClNO3/c1-11(18)12-5-6-14(13(16)10-12)20-9-8-17-7-3-2-4-15(17)19/h2-7,10-11,18H,8-9H2,1H3. The molecule has 0 aliphatic rings. The summed E-state index contributed by atoms with van der Waals surface area (Å²) in [6.45, 7) is 2.47. The molecule has 2 aromatic rings. The van der Waals surface area contributed by atoms with Gasteiger partial charge in [-0.25, -0.2) is 0 Å². The van der Waals surface area contributed by atoms with Gasteiger partial charge >= 0.3 is 0 Å². The first-order valence-corrected chi connectivity index (χ1v) is 6.71. The Bertz CT molecular complexity index is 637. The highest BCUT2D eigenvalue weighted by molar-refractivity contribution is 6.32. The zero-order valence-corrected chi connectivity index (χ0v) is 11.9. The maximum absolute atomic E-state index is 11.5. The van der Waals surface area contributed by atoms with Crippen molar-refractivity contribution in [1.29, 1.82) is 0 Å². The van der Waals surface area contributed by atoms with E-state index in [4.69, 9.17) is 16.3 Å². The number of benzene rings is 1. The molecule has 0 amide bonds. The molecular weight excluding hydrogens is 278 g/mol. The molecule has 0 saturated heterocycles. The maximum atomic E-state index is 11.5. The van der Waals surface area contributed by atoms with Crippen LogP contribution in [0.3, 0.4) is 0 Å². The van der Waals surface area contributed by atoms with Crippen molar-refractivity contribution in [2.75, 3.05) is 6.61 Å². The SMILES string of the molecule is CC(O)c1ccc(OCCn2ccccc2=O)c(Cl)c1. The zero-order valence-electron chi connectivity index (χ0n) is 11.1. The minimum Gasteiger partial charge on any atom is -0.490 e. The van der Waals surface area contributed by atoms with Crippen molar-refractivity contribution in [1.82, 2.24) is 4.57 Å². The summed E-state index contributed by atoms with van der Waals surface area (Å²) in [5.74, 6) is 0.542. The van der Waals surface area contributed by atoms with Gasteiger partial charge in [-0.05, 0) is 30.7 Å². The van der Waals surface area contributed by atoms with Gasteiger partial charge in [0.15, 0.2) is 0 Å². The van der Waals surface area contributed by atoms with Crippen LogP contribution in [-0.4, -0.2) is 16.3 Å². The molecule has 1 aromatic carbocycles. The third-order valence-electron chi connectivity index (χ3n) is 2.93. The predicted molar refractivity (Wildman–Crippen MR) is 78.3 cm³/mol. The minimum absolute atomic E-state index is 0.0633. The second-order valence-corrected chi connectivity index (χ2v) is 4.85. The van der Waals surface area contributed by atoms with Gasteiger partial charge in [0.2, 0.25) is 0 Å². The number of hydrogen-bond donors (Lipinski definition) is 1. The summed E-state index contributed by atoms with van der Waals surface area (Å²) in [5, 5.41) is 9.90. The molecule has 4 nitrogen and oxygen atoms in total. The van der Waals surface area contributed by atoms with Crippen LogP contribution in [0.5, 0.6) is 5.75 Å². The maximum Gasteiger partial charge on any atom is 0.250 e. The van der Waals surface area contributed by atoms with Gasteiger partial charge in [-0.2, -0.15) is 0 Å². The normalized spacial score (nSPS) is 12.2. The molecule has 1 atom stereocenters. The van der Waals surface area contributed by atoms with Crippen LogP contribution < -0.4 is 10.3 Å². The lowest BCUT2D eigenvalue weighted by atomic mass is 10.1. The minimum atomic E-state index is -0.565. The lowest BCUT2D eigenvalue weighted by molar-refractivity contribution is 0.199. The van der Waals surface area contributed by atoms with Crippen molar-refractivity contribution in [3.8, 4) is 5.75 Å². The van der Waals surface area contributed by atoms with E-state index in [0.717, 1.165) is 5.56 Å². The summed E-state index contributed by atoms with van der Waals surface area (Å²) >= 11 is 6.08. The van der Waals surface area contributed by atoms with Gasteiger partial charge in [0.25, 0.3) is 5.56 Å². The van der Waals surface area contributed by atoms with E-state index in [-0.39, 0.29) is 5.56 Å². The van der Waals surface area contributed by atoms with Crippen molar-refractivity contribution in [3.63, 3.8) is 0 Å². The highest BCUT2D eigenvalue weighted by Gasteiger charge is 2.06. The number of rotatable bonds is 5. The number of aliphatic hydroxyl groups excluding tert-OH is 1. The van der Waals surface area contributed by atoms with E-state index in [2.05, 4.69) is 0 Å². The third kappa shape index (κ3) is 3.62. The lowest BCUT2D eigenvalue weighted by Crippen LogP contribution is -2.21. The number of halogens is 1. The summed E-state index contributed by atoms with van der Waals surface area (Å²) < 4.78 is 7.12. The van der Waals surface area contributed by atoms with Crippen LogP contribution in [0.4, 0.5) is 0 Å². The van der Waals surface area contributed by atoms with Crippen LogP contribution in [0.25, 0.3) is 0 Å². The molecule has 0 aliphatic carbocycles. The van der Waals surface area contributed by atoms with Crippen LogP contribution in [0.1, 0.15) is 18.6 Å². The number of ether oxygens (including phenoxy) is 1. The molecule has 1 unspecified atom stereocenters. The highest BCUT2D eigenvalue weighted by atomic mass is 35.5. The molecule has 1 N–H and O–H groups in total. The van der Waals surface area contributed by atoms with Gasteiger partial charge < -0.3 is 14.4 Å². The van der Waals surface area contributed by atoms with E-state index in [0.29, 0.717) is 23.9 Å². The van der Waals surface area contributed by atoms with Crippen LogP contribution >= 0.6 is 11.6 Å². The largest absolute Gasteiger partial charge is 0.490 e. The summed E-state index contributed by atoms with van der Waals surface area (Å²) in [6, 6.07) is 10.2. The Hall–Kier alpha value is -1.78. The molecule has 1 aromatic heterocycles. The molecule has 1 heterocycles. The van der Waals surface area contributed by atoms with Gasteiger partial charge in [0, 0.05) is 12.3 Å². The molecule has 5 heteroatoms. The second kappa shape index (κ2) is 6.59. The predicted octanol–water partition coefficient (Wildman–Crippen LogP) is 2.63. The molecule has 0 radical (unpaired) electrons. The molecule has 20 heavy (non-hydrogen) atoms. The van der Waals surface area contributed by atoms with E-state index in [1.807, 2.05) is 0 Å². The summed E-state index contributed by atoms with van der Waals surface area (Å²) in [4.78, 5) is 11.5. The molecule has 106 valence electrons. The number of aliphatic hydroxyl groups is 1. The fourth-order valence-electron chi connectivity index (χ4n) is 1.79. The molecule has 2 rings (SSSR count). The lowest BCUT2D eigenvalue weighted by Gasteiger charge is -2.11. The summed E-state index contributed by atoms with van der Waals surface area (Å²) in [6.07, 6.45) is 1.15. The molecule has 0 fully saturated rings. The smallest absolute Gasteiger partial charge is 0.250 e.